The summed E-state index contributed by atoms with van der Waals surface area (Å²) in [6.07, 6.45) is 1.47. The zero-order valence-electron chi connectivity index (χ0n) is 14.0. The van der Waals surface area contributed by atoms with E-state index in [4.69, 9.17) is 4.74 Å². The zero-order valence-corrected chi connectivity index (χ0v) is 14.0. The van der Waals surface area contributed by atoms with E-state index in [1.54, 1.807) is 18.2 Å². The second-order valence-electron chi connectivity index (χ2n) is 5.62. The smallest absolute Gasteiger partial charge is 0.255 e. The topological polar surface area (TPSA) is 81.9 Å². The van der Waals surface area contributed by atoms with E-state index in [1.807, 2.05) is 42.5 Å². The van der Waals surface area contributed by atoms with E-state index in [9.17, 15) is 4.79 Å². The number of methoxy groups -OCH3 is 1. The number of hydrogen-bond acceptors (Lipinski definition) is 5. The predicted octanol–water partition coefficient (Wildman–Crippen LogP) is 3.08. The SMILES string of the molecule is COc1cc(C(=O)Nc2cccc3ccccc23)ccc1-n1cnnn1. The van der Waals surface area contributed by atoms with Gasteiger partial charge in [0.05, 0.1) is 7.11 Å². The predicted molar refractivity (Wildman–Crippen MR) is 97.6 cm³/mol. The number of amides is 1. The minimum absolute atomic E-state index is 0.220. The molecule has 0 spiro atoms. The lowest BCUT2D eigenvalue weighted by atomic mass is 10.1. The van der Waals surface area contributed by atoms with Crippen molar-refractivity contribution in [3.05, 3.63) is 72.6 Å². The Morgan fingerprint density at radius 1 is 1.08 bits per heavy atom. The summed E-state index contributed by atoms with van der Waals surface area (Å²) in [5.41, 5.74) is 1.89. The molecule has 7 nitrogen and oxygen atoms in total. The van der Waals surface area contributed by atoms with Crippen molar-refractivity contribution >= 4 is 22.4 Å². The van der Waals surface area contributed by atoms with E-state index >= 15 is 0 Å². The quantitative estimate of drug-likeness (QED) is 0.615. The molecule has 0 saturated carbocycles. The minimum Gasteiger partial charge on any atom is -0.494 e. The third-order valence-electron chi connectivity index (χ3n) is 4.08. The molecule has 128 valence electrons. The zero-order chi connectivity index (χ0) is 17.9. The Bertz CT molecular complexity index is 1070. The largest absolute Gasteiger partial charge is 0.494 e. The maximum absolute atomic E-state index is 12.7. The van der Waals surface area contributed by atoms with Crippen LogP contribution >= 0.6 is 0 Å². The minimum atomic E-state index is -0.220. The Labute approximate surface area is 149 Å². The van der Waals surface area contributed by atoms with Gasteiger partial charge in [0.2, 0.25) is 0 Å². The Kier molecular flexibility index (Phi) is 4.03. The highest BCUT2D eigenvalue weighted by Crippen LogP contribution is 2.26. The van der Waals surface area contributed by atoms with Gasteiger partial charge in [0.15, 0.2) is 0 Å². The van der Waals surface area contributed by atoms with Crippen LogP contribution in [0.4, 0.5) is 5.69 Å². The number of nitrogens with zero attached hydrogens (tertiary/aromatic N) is 4. The van der Waals surface area contributed by atoms with E-state index in [0.717, 1.165) is 16.5 Å². The van der Waals surface area contributed by atoms with Crippen LogP contribution in [-0.2, 0) is 0 Å². The molecule has 1 amide bonds. The number of aromatic nitrogens is 4. The van der Waals surface area contributed by atoms with Crippen LogP contribution < -0.4 is 10.1 Å². The molecular formula is C19H15N5O2. The number of anilines is 1. The van der Waals surface area contributed by atoms with Crippen molar-refractivity contribution < 1.29 is 9.53 Å². The van der Waals surface area contributed by atoms with Crippen molar-refractivity contribution in [1.82, 2.24) is 20.2 Å². The lowest BCUT2D eigenvalue weighted by Gasteiger charge is -2.11. The molecule has 1 N–H and O–H groups in total. The highest BCUT2D eigenvalue weighted by molar-refractivity contribution is 6.09. The van der Waals surface area contributed by atoms with Crippen molar-refractivity contribution in [2.24, 2.45) is 0 Å². The number of benzene rings is 3. The van der Waals surface area contributed by atoms with Crippen LogP contribution in [-0.4, -0.2) is 33.2 Å². The fourth-order valence-electron chi connectivity index (χ4n) is 2.81. The number of carbonyl (C=O) groups excluding carboxylic acids is 1. The second-order valence-corrected chi connectivity index (χ2v) is 5.62. The molecule has 0 fully saturated rings. The van der Waals surface area contributed by atoms with Gasteiger partial charge in [0.25, 0.3) is 5.91 Å². The number of hydrogen-bond donors (Lipinski definition) is 1. The Morgan fingerprint density at radius 2 is 1.92 bits per heavy atom. The van der Waals surface area contributed by atoms with Crippen LogP contribution in [0.1, 0.15) is 10.4 Å². The first-order chi connectivity index (χ1) is 12.8. The van der Waals surface area contributed by atoms with Gasteiger partial charge in [-0.15, -0.1) is 5.10 Å². The van der Waals surface area contributed by atoms with Crippen molar-refractivity contribution in [1.29, 1.82) is 0 Å². The summed E-state index contributed by atoms with van der Waals surface area (Å²) in [5.74, 6) is 0.283. The van der Waals surface area contributed by atoms with Crippen molar-refractivity contribution in [2.45, 2.75) is 0 Å². The highest BCUT2D eigenvalue weighted by atomic mass is 16.5. The first kappa shape index (κ1) is 15.8. The van der Waals surface area contributed by atoms with E-state index in [0.29, 0.717) is 17.0 Å². The first-order valence-corrected chi connectivity index (χ1v) is 7.97. The Hall–Kier alpha value is -3.74. The van der Waals surface area contributed by atoms with Gasteiger partial charge in [0, 0.05) is 16.6 Å². The van der Waals surface area contributed by atoms with E-state index in [2.05, 4.69) is 20.8 Å². The third-order valence-corrected chi connectivity index (χ3v) is 4.08. The molecule has 0 unspecified atom stereocenters. The van der Waals surface area contributed by atoms with E-state index in [-0.39, 0.29) is 5.91 Å². The molecule has 0 aliphatic rings. The fourth-order valence-corrected chi connectivity index (χ4v) is 2.81. The molecule has 4 rings (SSSR count). The number of fused-ring (bicyclic) bond motifs is 1. The number of carbonyl (C=O) groups is 1. The Balaban J connectivity index is 1.66. The molecule has 0 aliphatic carbocycles. The molecule has 0 aliphatic heterocycles. The monoisotopic (exact) mass is 345 g/mol. The van der Waals surface area contributed by atoms with Crippen molar-refractivity contribution in [3.8, 4) is 11.4 Å². The van der Waals surface area contributed by atoms with Gasteiger partial charge in [-0.25, -0.2) is 0 Å². The average Bonchev–Trinajstić information content (AvgIpc) is 3.22. The summed E-state index contributed by atoms with van der Waals surface area (Å²) in [5, 5.41) is 16.1. The molecule has 1 aromatic heterocycles. The number of tetrazole rings is 1. The van der Waals surface area contributed by atoms with Gasteiger partial charge in [-0.3, -0.25) is 4.79 Å². The highest BCUT2D eigenvalue weighted by Gasteiger charge is 2.13. The number of rotatable bonds is 4. The molecule has 7 heteroatoms. The van der Waals surface area contributed by atoms with Crippen LogP contribution in [0.3, 0.4) is 0 Å². The van der Waals surface area contributed by atoms with Gasteiger partial charge in [-0.2, -0.15) is 4.68 Å². The summed E-state index contributed by atoms with van der Waals surface area (Å²) >= 11 is 0. The first-order valence-electron chi connectivity index (χ1n) is 7.97. The molecule has 26 heavy (non-hydrogen) atoms. The number of nitrogens with one attached hydrogen (secondary N) is 1. The van der Waals surface area contributed by atoms with Crippen molar-refractivity contribution in [3.63, 3.8) is 0 Å². The summed E-state index contributed by atoms with van der Waals surface area (Å²) < 4.78 is 6.86. The molecular weight excluding hydrogens is 330 g/mol. The third kappa shape index (κ3) is 2.86. The van der Waals surface area contributed by atoms with Crippen LogP contribution in [0.5, 0.6) is 5.75 Å². The van der Waals surface area contributed by atoms with Crippen LogP contribution in [0.25, 0.3) is 16.5 Å². The van der Waals surface area contributed by atoms with E-state index in [1.165, 1.54) is 18.1 Å². The maximum atomic E-state index is 12.7. The standard InChI is InChI=1S/C19H15N5O2/c1-26-18-11-14(9-10-17(18)24-12-20-22-23-24)19(25)21-16-8-4-6-13-5-2-3-7-15(13)16/h2-12H,1H3,(H,21,25). The van der Waals surface area contributed by atoms with Crippen molar-refractivity contribution in [2.75, 3.05) is 12.4 Å². The molecule has 1 heterocycles. The van der Waals surface area contributed by atoms with Crippen LogP contribution in [0, 0.1) is 0 Å². The average molecular weight is 345 g/mol. The van der Waals surface area contributed by atoms with Gasteiger partial charge in [-0.1, -0.05) is 36.4 Å². The Morgan fingerprint density at radius 3 is 2.73 bits per heavy atom. The summed E-state index contributed by atoms with van der Waals surface area (Å²) in [4.78, 5) is 12.7. The van der Waals surface area contributed by atoms with E-state index < -0.39 is 0 Å². The fraction of sp³-hybridized carbons (Fsp3) is 0.0526. The van der Waals surface area contributed by atoms with Crippen LogP contribution in [0.15, 0.2) is 67.0 Å². The molecule has 4 aromatic rings. The van der Waals surface area contributed by atoms with Gasteiger partial charge < -0.3 is 10.1 Å². The van der Waals surface area contributed by atoms with Gasteiger partial charge in [-0.05, 0) is 40.1 Å². The second kappa shape index (κ2) is 6.64. The molecule has 3 aromatic carbocycles. The van der Waals surface area contributed by atoms with Gasteiger partial charge >= 0.3 is 0 Å². The lowest BCUT2D eigenvalue weighted by Crippen LogP contribution is -2.13. The van der Waals surface area contributed by atoms with Crippen LogP contribution in [0.2, 0.25) is 0 Å². The maximum Gasteiger partial charge on any atom is 0.255 e. The lowest BCUT2D eigenvalue weighted by molar-refractivity contribution is 0.102. The molecule has 0 bridgehead atoms. The van der Waals surface area contributed by atoms with Gasteiger partial charge in [0.1, 0.15) is 17.8 Å². The summed E-state index contributed by atoms with van der Waals surface area (Å²) in [6, 6.07) is 18.8. The molecule has 0 saturated heterocycles. The molecule has 0 atom stereocenters. The summed E-state index contributed by atoms with van der Waals surface area (Å²) in [7, 11) is 1.54. The molecule has 0 radical (unpaired) electrons. The normalized spacial score (nSPS) is 10.7. The summed E-state index contributed by atoms with van der Waals surface area (Å²) in [6.45, 7) is 0. The number of ether oxygens (including phenoxy) is 1.